The molecule has 0 radical (unpaired) electrons. The summed E-state index contributed by atoms with van der Waals surface area (Å²) in [5, 5.41) is 0. The van der Waals surface area contributed by atoms with E-state index in [2.05, 4.69) is 24.1 Å². The van der Waals surface area contributed by atoms with E-state index in [1.807, 2.05) is 12.1 Å². The van der Waals surface area contributed by atoms with Gasteiger partial charge in [-0.1, -0.05) is 12.1 Å². The third-order valence-electron chi connectivity index (χ3n) is 4.67. The number of nitrogens with zero attached hydrogens (tertiary/aromatic N) is 1. The predicted molar refractivity (Wildman–Crippen MR) is 75.4 cm³/mol. The SMILES string of the molecule is COc1cccc(COC2CC3CCC(C2)N3C)c1. The maximum atomic E-state index is 6.12. The molecular formula is C16H23NO2. The van der Waals surface area contributed by atoms with Crippen LogP contribution < -0.4 is 4.74 Å². The minimum absolute atomic E-state index is 0.430. The van der Waals surface area contributed by atoms with E-state index in [0.29, 0.717) is 12.7 Å². The van der Waals surface area contributed by atoms with Gasteiger partial charge in [-0.05, 0) is 50.4 Å². The van der Waals surface area contributed by atoms with Crippen molar-refractivity contribution in [2.45, 2.75) is 50.5 Å². The monoisotopic (exact) mass is 261 g/mol. The van der Waals surface area contributed by atoms with Gasteiger partial charge in [0.05, 0.1) is 19.8 Å². The zero-order chi connectivity index (χ0) is 13.2. The second-order valence-corrected chi connectivity index (χ2v) is 5.81. The Balaban J connectivity index is 1.55. The molecule has 0 saturated carbocycles. The van der Waals surface area contributed by atoms with Crippen LogP contribution >= 0.6 is 0 Å². The van der Waals surface area contributed by atoms with E-state index in [1.54, 1.807) is 7.11 Å². The molecule has 0 amide bonds. The van der Waals surface area contributed by atoms with Crippen LogP contribution in [0.5, 0.6) is 5.75 Å². The number of benzene rings is 1. The minimum Gasteiger partial charge on any atom is -0.497 e. The highest BCUT2D eigenvalue weighted by Gasteiger charge is 2.38. The molecule has 3 rings (SSSR count). The fraction of sp³-hybridized carbons (Fsp3) is 0.625. The third kappa shape index (κ3) is 2.77. The van der Waals surface area contributed by atoms with Crippen LogP contribution in [0, 0.1) is 0 Å². The molecule has 0 spiro atoms. The topological polar surface area (TPSA) is 21.7 Å². The van der Waals surface area contributed by atoms with Gasteiger partial charge >= 0.3 is 0 Å². The molecule has 3 nitrogen and oxygen atoms in total. The number of methoxy groups -OCH3 is 1. The Hall–Kier alpha value is -1.06. The Bertz CT molecular complexity index is 421. The van der Waals surface area contributed by atoms with Crippen LogP contribution in [0.3, 0.4) is 0 Å². The van der Waals surface area contributed by atoms with Crippen molar-refractivity contribution in [3.63, 3.8) is 0 Å². The van der Waals surface area contributed by atoms with Crippen molar-refractivity contribution in [3.05, 3.63) is 29.8 Å². The molecule has 2 aliphatic heterocycles. The van der Waals surface area contributed by atoms with Crippen LogP contribution in [-0.4, -0.2) is 37.2 Å². The van der Waals surface area contributed by atoms with Gasteiger partial charge in [-0.15, -0.1) is 0 Å². The second kappa shape index (κ2) is 5.51. The summed E-state index contributed by atoms with van der Waals surface area (Å²) >= 11 is 0. The van der Waals surface area contributed by atoms with E-state index in [9.17, 15) is 0 Å². The maximum Gasteiger partial charge on any atom is 0.119 e. The predicted octanol–water partition coefficient (Wildman–Crippen LogP) is 2.84. The lowest BCUT2D eigenvalue weighted by Crippen LogP contribution is -2.42. The maximum absolute atomic E-state index is 6.12. The van der Waals surface area contributed by atoms with Gasteiger partial charge in [0.15, 0.2) is 0 Å². The molecule has 0 aliphatic carbocycles. The molecule has 2 saturated heterocycles. The number of rotatable bonds is 4. The van der Waals surface area contributed by atoms with Gasteiger partial charge in [-0.2, -0.15) is 0 Å². The van der Waals surface area contributed by atoms with E-state index in [1.165, 1.54) is 31.2 Å². The normalized spacial score (nSPS) is 30.5. The average Bonchev–Trinajstić information content (AvgIpc) is 2.68. The van der Waals surface area contributed by atoms with E-state index in [-0.39, 0.29) is 0 Å². The molecule has 19 heavy (non-hydrogen) atoms. The molecule has 2 unspecified atom stereocenters. The molecule has 2 atom stereocenters. The van der Waals surface area contributed by atoms with Gasteiger partial charge in [0, 0.05) is 12.1 Å². The summed E-state index contributed by atoms with van der Waals surface area (Å²) in [6.07, 6.45) is 5.51. The van der Waals surface area contributed by atoms with Crippen LogP contribution in [0.15, 0.2) is 24.3 Å². The largest absolute Gasteiger partial charge is 0.497 e. The Kier molecular flexibility index (Phi) is 3.76. The van der Waals surface area contributed by atoms with Crippen LogP contribution in [0.2, 0.25) is 0 Å². The van der Waals surface area contributed by atoms with Crippen molar-refractivity contribution >= 4 is 0 Å². The molecule has 3 heteroatoms. The summed E-state index contributed by atoms with van der Waals surface area (Å²) < 4.78 is 11.4. The van der Waals surface area contributed by atoms with Gasteiger partial charge in [-0.25, -0.2) is 0 Å². The first-order chi connectivity index (χ1) is 9.26. The molecule has 2 aliphatic rings. The first-order valence-corrected chi connectivity index (χ1v) is 7.22. The van der Waals surface area contributed by atoms with Crippen molar-refractivity contribution < 1.29 is 9.47 Å². The molecule has 1 aromatic carbocycles. The van der Waals surface area contributed by atoms with Gasteiger partial charge in [0.25, 0.3) is 0 Å². The molecule has 2 fully saturated rings. The summed E-state index contributed by atoms with van der Waals surface area (Å²) in [6, 6.07) is 9.65. The van der Waals surface area contributed by atoms with Crippen LogP contribution in [0.4, 0.5) is 0 Å². The quantitative estimate of drug-likeness (QED) is 0.832. The van der Waals surface area contributed by atoms with Crippen LogP contribution in [0.1, 0.15) is 31.2 Å². The Morgan fingerprint density at radius 1 is 1.21 bits per heavy atom. The average molecular weight is 261 g/mol. The number of fused-ring (bicyclic) bond motifs is 2. The molecule has 2 heterocycles. The van der Waals surface area contributed by atoms with Gasteiger partial charge in [0.1, 0.15) is 5.75 Å². The van der Waals surface area contributed by atoms with Gasteiger partial charge < -0.3 is 14.4 Å². The van der Waals surface area contributed by atoms with Crippen molar-refractivity contribution in [2.75, 3.05) is 14.2 Å². The van der Waals surface area contributed by atoms with Crippen LogP contribution in [0.25, 0.3) is 0 Å². The fourth-order valence-corrected chi connectivity index (χ4v) is 3.47. The van der Waals surface area contributed by atoms with Crippen LogP contribution in [-0.2, 0) is 11.3 Å². The smallest absolute Gasteiger partial charge is 0.119 e. The number of hydrogen-bond donors (Lipinski definition) is 0. The first kappa shape index (κ1) is 12.9. The molecular weight excluding hydrogens is 238 g/mol. The summed E-state index contributed by atoms with van der Waals surface area (Å²) in [5.41, 5.74) is 1.20. The van der Waals surface area contributed by atoms with E-state index < -0.39 is 0 Å². The van der Waals surface area contributed by atoms with Crippen molar-refractivity contribution in [1.82, 2.24) is 4.90 Å². The Morgan fingerprint density at radius 2 is 1.95 bits per heavy atom. The number of ether oxygens (including phenoxy) is 2. The van der Waals surface area contributed by atoms with Gasteiger partial charge in [-0.3, -0.25) is 0 Å². The zero-order valence-corrected chi connectivity index (χ0v) is 11.8. The van der Waals surface area contributed by atoms with E-state index >= 15 is 0 Å². The molecule has 1 aromatic rings. The summed E-state index contributed by atoms with van der Waals surface area (Å²) in [4.78, 5) is 2.55. The highest BCUT2D eigenvalue weighted by molar-refractivity contribution is 5.27. The van der Waals surface area contributed by atoms with E-state index in [4.69, 9.17) is 9.47 Å². The standard InChI is InChI=1S/C16H23NO2/c1-17-13-6-7-14(17)10-16(9-13)19-11-12-4-3-5-15(8-12)18-2/h3-5,8,13-14,16H,6-7,9-11H2,1-2H3. The number of piperidine rings is 1. The first-order valence-electron chi connectivity index (χ1n) is 7.22. The summed E-state index contributed by atoms with van der Waals surface area (Å²) in [6.45, 7) is 0.699. The molecule has 0 aromatic heterocycles. The minimum atomic E-state index is 0.430. The summed E-state index contributed by atoms with van der Waals surface area (Å²) in [7, 11) is 3.97. The molecule has 0 N–H and O–H groups in total. The Labute approximate surface area is 115 Å². The molecule has 2 bridgehead atoms. The van der Waals surface area contributed by atoms with Crippen molar-refractivity contribution in [1.29, 1.82) is 0 Å². The highest BCUT2D eigenvalue weighted by Crippen LogP contribution is 2.35. The lowest BCUT2D eigenvalue weighted by Gasteiger charge is -2.36. The zero-order valence-electron chi connectivity index (χ0n) is 11.8. The molecule has 104 valence electrons. The highest BCUT2D eigenvalue weighted by atomic mass is 16.5. The van der Waals surface area contributed by atoms with E-state index in [0.717, 1.165) is 17.8 Å². The fourth-order valence-electron chi connectivity index (χ4n) is 3.47. The second-order valence-electron chi connectivity index (χ2n) is 5.81. The van der Waals surface area contributed by atoms with Gasteiger partial charge in [0.2, 0.25) is 0 Å². The lowest BCUT2D eigenvalue weighted by atomic mass is 10.0. The Morgan fingerprint density at radius 3 is 2.63 bits per heavy atom. The summed E-state index contributed by atoms with van der Waals surface area (Å²) in [5.74, 6) is 0.907. The number of hydrogen-bond acceptors (Lipinski definition) is 3. The van der Waals surface area contributed by atoms with Crippen molar-refractivity contribution in [2.24, 2.45) is 0 Å². The third-order valence-corrected chi connectivity index (χ3v) is 4.67. The van der Waals surface area contributed by atoms with Crippen molar-refractivity contribution in [3.8, 4) is 5.75 Å². The lowest BCUT2D eigenvalue weighted by molar-refractivity contribution is -0.0211.